The van der Waals surface area contributed by atoms with Crippen LogP contribution in [0.5, 0.6) is 0 Å². The lowest BCUT2D eigenvalue weighted by Crippen LogP contribution is -2.49. The molecule has 0 radical (unpaired) electrons. The lowest BCUT2D eigenvalue weighted by atomic mass is 9.70. The van der Waals surface area contributed by atoms with Crippen LogP contribution in [0.2, 0.25) is 0 Å². The summed E-state index contributed by atoms with van der Waals surface area (Å²) in [6.45, 7) is 0.713. The molecule has 1 saturated heterocycles. The van der Waals surface area contributed by atoms with E-state index in [4.69, 9.17) is 14.9 Å². The summed E-state index contributed by atoms with van der Waals surface area (Å²) in [5.41, 5.74) is 0. The lowest BCUT2D eigenvalue weighted by Gasteiger charge is -2.41. The van der Waals surface area contributed by atoms with Crippen LogP contribution in [-0.2, 0) is 9.36 Å². The maximum absolute atomic E-state index is 11.0. The van der Waals surface area contributed by atoms with E-state index in [1.165, 1.54) is 0 Å². The molecule has 18 heavy (non-hydrogen) atoms. The van der Waals surface area contributed by atoms with Gasteiger partial charge in [0.25, 0.3) is 0 Å². The third-order valence-corrected chi connectivity index (χ3v) is 5.20. The minimum atomic E-state index is -3.95. The van der Waals surface area contributed by atoms with Crippen LogP contribution < -0.4 is 5.32 Å². The summed E-state index contributed by atoms with van der Waals surface area (Å²) in [6, 6.07) is -0.500. The van der Waals surface area contributed by atoms with Gasteiger partial charge in [-0.1, -0.05) is 0 Å². The molecule has 1 aliphatic heterocycles. The Morgan fingerprint density at radius 3 is 2.56 bits per heavy atom. The average molecular weight is 277 g/mol. The maximum atomic E-state index is 11.0. The summed E-state index contributed by atoms with van der Waals surface area (Å²) in [4.78, 5) is 29.0. The van der Waals surface area contributed by atoms with Gasteiger partial charge in [-0.3, -0.25) is 9.36 Å². The fourth-order valence-electron chi connectivity index (χ4n) is 3.35. The van der Waals surface area contributed by atoms with Crippen LogP contribution >= 0.6 is 7.60 Å². The van der Waals surface area contributed by atoms with Crippen LogP contribution in [-0.4, -0.2) is 39.6 Å². The van der Waals surface area contributed by atoms with Crippen molar-refractivity contribution in [3.05, 3.63) is 0 Å². The van der Waals surface area contributed by atoms with E-state index in [0.717, 1.165) is 19.3 Å². The highest BCUT2D eigenvalue weighted by molar-refractivity contribution is 7.51. The largest absolute Gasteiger partial charge is 0.480 e. The Balaban J connectivity index is 1.93. The van der Waals surface area contributed by atoms with Gasteiger partial charge in [0.2, 0.25) is 0 Å². The molecule has 0 unspecified atom stereocenters. The first-order valence-corrected chi connectivity index (χ1v) is 8.15. The molecule has 2 aliphatic rings. The third kappa shape index (κ3) is 3.54. The summed E-state index contributed by atoms with van der Waals surface area (Å²) in [5, 5.41) is 12.0. The van der Waals surface area contributed by atoms with Crippen molar-refractivity contribution < 1.29 is 24.3 Å². The third-order valence-electron chi connectivity index (χ3n) is 4.21. The number of nitrogens with one attached hydrogen (secondary N) is 1. The molecule has 0 bridgehead atoms. The fourth-order valence-corrected chi connectivity index (χ4v) is 4.36. The van der Waals surface area contributed by atoms with Crippen molar-refractivity contribution in [1.82, 2.24) is 5.32 Å². The summed E-state index contributed by atoms with van der Waals surface area (Å²) in [7, 11) is -3.95. The van der Waals surface area contributed by atoms with Crippen molar-refractivity contribution in [1.29, 1.82) is 0 Å². The highest BCUT2D eigenvalue weighted by atomic mass is 31.2. The summed E-state index contributed by atoms with van der Waals surface area (Å²) in [6.07, 6.45) is 3.06. The second-order valence-corrected chi connectivity index (χ2v) is 7.28. The van der Waals surface area contributed by atoms with Gasteiger partial charge in [-0.15, -0.1) is 0 Å². The number of hydrogen-bond donors (Lipinski definition) is 4. The number of carboxylic acid groups (broad SMARTS) is 1. The van der Waals surface area contributed by atoms with Gasteiger partial charge < -0.3 is 20.2 Å². The normalized spacial score (nSPS) is 37.0. The van der Waals surface area contributed by atoms with E-state index in [-0.39, 0.29) is 18.0 Å². The second kappa shape index (κ2) is 5.29. The van der Waals surface area contributed by atoms with Crippen molar-refractivity contribution in [3.63, 3.8) is 0 Å². The molecule has 4 N–H and O–H groups in total. The molecule has 6 nitrogen and oxygen atoms in total. The van der Waals surface area contributed by atoms with Crippen LogP contribution in [0.1, 0.15) is 25.7 Å². The van der Waals surface area contributed by atoms with E-state index in [9.17, 15) is 9.36 Å². The maximum Gasteiger partial charge on any atom is 0.325 e. The molecule has 4 atom stereocenters. The van der Waals surface area contributed by atoms with Crippen molar-refractivity contribution in [2.75, 3.05) is 12.7 Å². The highest BCUT2D eigenvalue weighted by Crippen LogP contribution is 2.45. The van der Waals surface area contributed by atoms with Gasteiger partial charge >= 0.3 is 13.6 Å². The first-order chi connectivity index (χ1) is 8.35. The van der Waals surface area contributed by atoms with Crippen LogP contribution in [0.15, 0.2) is 0 Å². The Hall–Kier alpha value is -0.420. The number of carboxylic acids is 1. The molecular formula is C11H20NO5P. The van der Waals surface area contributed by atoms with Gasteiger partial charge in [-0.05, 0) is 50.0 Å². The van der Waals surface area contributed by atoms with Crippen molar-refractivity contribution in [3.8, 4) is 0 Å². The SMILES string of the molecule is O=C(O)[C@H]1C[C@H]2C[C@@H](CP(=O)(O)O)CC[C@H]2CN1. The van der Waals surface area contributed by atoms with Crippen LogP contribution in [0.4, 0.5) is 0 Å². The van der Waals surface area contributed by atoms with E-state index in [1.54, 1.807) is 0 Å². The molecule has 2 rings (SSSR count). The monoisotopic (exact) mass is 277 g/mol. The summed E-state index contributed by atoms with van der Waals surface area (Å²) >= 11 is 0. The highest BCUT2D eigenvalue weighted by Gasteiger charge is 2.38. The summed E-state index contributed by atoms with van der Waals surface area (Å²) in [5.74, 6) is -0.0311. The van der Waals surface area contributed by atoms with E-state index in [0.29, 0.717) is 18.9 Å². The van der Waals surface area contributed by atoms with E-state index >= 15 is 0 Å². The second-order valence-electron chi connectivity index (χ2n) is 5.58. The van der Waals surface area contributed by atoms with Crippen molar-refractivity contribution in [2.24, 2.45) is 17.8 Å². The zero-order valence-electron chi connectivity index (χ0n) is 10.2. The average Bonchev–Trinajstić information content (AvgIpc) is 2.25. The zero-order valence-corrected chi connectivity index (χ0v) is 11.1. The molecule has 7 heteroatoms. The van der Waals surface area contributed by atoms with E-state index in [1.807, 2.05) is 0 Å². The number of hydrogen-bond acceptors (Lipinski definition) is 3. The summed E-state index contributed by atoms with van der Waals surface area (Å²) < 4.78 is 11.0. The van der Waals surface area contributed by atoms with Crippen LogP contribution in [0.25, 0.3) is 0 Å². The minimum Gasteiger partial charge on any atom is -0.480 e. The Morgan fingerprint density at radius 1 is 1.22 bits per heavy atom. The smallest absolute Gasteiger partial charge is 0.325 e. The Bertz CT molecular complexity index is 368. The van der Waals surface area contributed by atoms with Gasteiger partial charge in [0.1, 0.15) is 6.04 Å². The molecule has 0 aromatic heterocycles. The van der Waals surface area contributed by atoms with Gasteiger partial charge in [-0.2, -0.15) is 0 Å². The molecule has 0 spiro atoms. The first-order valence-electron chi connectivity index (χ1n) is 6.36. The van der Waals surface area contributed by atoms with Gasteiger partial charge in [-0.25, -0.2) is 0 Å². The van der Waals surface area contributed by atoms with E-state index in [2.05, 4.69) is 5.32 Å². The van der Waals surface area contributed by atoms with E-state index < -0.39 is 19.6 Å². The van der Waals surface area contributed by atoms with Crippen molar-refractivity contribution >= 4 is 13.6 Å². The number of rotatable bonds is 3. The predicted molar refractivity (Wildman–Crippen MR) is 65.3 cm³/mol. The topological polar surface area (TPSA) is 107 Å². The molecule has 0 aromatic rings. The standard InChI is InChI=1S/C11H20NO5P/c13-11(14)10-4-9-3-7(6-18(15,16)17)1-2-8(9)5-12-10/h7-10,12H,1-6H2,(H,13,14)(H2,15,16,17)/t7-,8-,9+,10+/m0/s1. The molecule has 1 heterocycles. The Morgan fingerprint density at radius 2 is 1.94 bits per heavy atom. The van der Waals surface area contributed by atoms with Gasteiger partial charge in [0, 0.05) is 0 Å². The lowest BCUT2D eigenvalue weighted by molar-refractivity contribution is -0.141. The number of aliphatic carboxylic acids is 1. The molecule has 2 fully saturated rings. The molecular weight excluding hydrogens is 257 g/mol. The minimum absolute atomic E-state index is 0.0413. The molecule has 0 aromatic carbocycles. The molecule has 0 amide bonds. The Kier molecular flexibility index (Phi) is 4.11. The number of fused-ring (bicyclic) bond motifs is 1. The van der Waals surface area contributed by atoms with Crippen LogP contribution in [0.3, 0.4) is 0 Å². The van der Waals surface area contributed by atoms with Gasteiger partial charge in [0.05, 0.1) is 6.16 Å². The van der Waals surface area contributed by atoms with Crippen LogP contribution in [0, 0.1) is 17.8 Å². The number of piperidine rings is 1. The molecule has 1 saturated carbocycles. The quantitative estimate of drug-likeness (QED) is 0.564. The first kappa shape index (κ1) is 14.0. The molecule has 104 valence electrons. The van der Waals surface area contributed by atoms with Gasteiger partial charge in [0.15, 0.2) is 0 Å². The fraction of sp³-hybridized carbons (Fsp3) is 0.909. The number of carbonyl (C=O) groups is 1. The predicted octanol–water partition coefficient (Wildman–Crippen LogP) is 0.643. The Labute approximate surface area is 106 Å². The zero-order chi connectivity index (χ0) is 13.3. The van der Waals surface area contributed by atoms with Crippen molar-refractivity contribution in [2.45, 2.75) is 31.7 Å². The molecule has 1 aliphatic carbocycles.